The molecule has 3 fully saturated rings. The molecule has 0 aromatic heterocycles. The van der Waals surface area contributed by atoms with Gasteiger partial charge in [0.15, 0.2) is 5.78 Å². The maximum atomic E-state index is 11.4. The zero-order valence-electron chi connectivity index (χ0n) is 7.17. The summed E-state index contributed by atoms with van der Waals surface area (Å²) < 4.78 is 9.03. The fourth-order valence-corrected chi connectivity index (χ4v) is 2.86. The normalized spacial score (nSPS) is 55.0. The van der Waals surface area contributed by atoms with Gasteiger partial charge in [-0.05, 0) is 0 Å². The van der Waals surface area contributed by atoms with Gasteiger partial charge >= 0.3 is 0 Å². The van der Waals surface area contributed by atoms with Crippen LogP contribution in [0.4, 0.5) is 0 Å². The Balaban J connectivity index is 1.99. The van der Waals surface area contributed by atoms with Gasteiger partial charge in [-0.3, -0.25) is 4.79 Å². The summed E-state index contributed by atoms with van der Waals surface area (Å²) in [5, 5.41) is 0. The van der Waals surface area contributed by atoms with E-state index in [0.717, 1.165) is 0 Å². The molecule has 1 unspecified atom stereocenters. The smallest absolute Gasteiger partial charge is 0.201 e. The van der Waals surface area contributed by atoms with E-state index in [1.54, 1.807) is 6.92 Å². The van der Waals surface area contributed by atoms with Gasteiger partial charge in [-0.1, -0.05) is 41.7 Å². The van der Waals surface area contributed by atoms with Crippen molar-refractivity contribution in [3.05, 3.63) is 0 Å². The molecule has 0 radical (unpaired) electrons. The third kappa shape index (κ3) is 0.952. The Bertz CT molecular complexity index is 304. The van der Waals surface area contributed by atoms with Crippen LogP contribution >= 0.6 is 34.8 Å². The molecule has 0 aromatic rings. The molecule has 2 aliphatic heterocycles. The molecule has 6 heteroatoms. The van der Waals surface area contributed by atoms with Gasteiger partial charge in [0.2, 0.25) is 3.79 Å². The Kier molecular flexibility index (Phi) is 1.66. The highest BCUT2D eigenvalue weighted by Gasteiger charge is 2.78. The first-order chi connectivity index (χ1) is 6.37. The predicted octanol–water partition coefficient (Wildman–Crippen LogP) is 1.48. The van der Waals surface area contributed by atoms with E-state index in [2.05, 4.69) is 0 Å². The Morgan fingerprint density at radius 2 is 1.64 bits per heavy atom. The van der Waals surface area contributed by atoms with Gasteiger partial charge < -0.3 is 9.47 Å². The molecule has 5 atom stereocenters. The number of rotatable bonds is 0. The van der Waals surface area contributed by atoms with Crippen LogP contribution in [0.3, 0.4) is 0 Å². The number of ketones is 1. The lowest BCUT2D eigenvalue weighted by molar-refractivity contribution is -0.121. The van der Waals surface area contributed by atoms with Gasteiger partial charge in [0, 0.05) is 0 Å². The molecule has 0 N–H and O–H groups in total. The first-order valence-electron chi connectivity index (χ1n) is 4.29. The molecule has 3 nitrogen and oxygen atoms in total. The van der Waals surface area contributed by atoms with Crippen molar-refractivity contribution in [3.63, 3.8) is 0 Å². The van der Waals surface area contributed by atoms with E-state index in [-0.39, 0.29) is 18.0 Å². The van der Waals surface area contributed by atoms with Crippen molar-refractivity contribution in [2.45, 2.75) is 35.1 Å². The number of Topliss-reactive ketones (excluding diaryl/α,β-unsaturated/α-hetero) is 1. The molecule has 0 amide bonds. The number of hydrogen-bond donors (Lipinski definition) is 0. The van der Waals surface area contributed by atoms with E-state index in [0.29, 0.717) is 0 Å². The van der Waals surface area contributed by atoms with Crippen LogP contribution < -0.4 is 0 Å². The summed E-state index contributed by atoms with van der Waals surface area (Å²) in [5.41, 5.74) is -0.707. The summed E-state index contributed by atoms with van der Waals surface area (Å²) >= 11 is 17.7. The van der Waals surface area contributed by atoms with Crippen LogP contribution in [0.1, 0.15) is 6.92 Å². The Morgan fingerprint density at radius 3 is 2.00 bits per heavy atom. The summed E-state index contributed by atoms with van der Waals surface area (Å²) in [6, 6.07) is 0. The molecule has 78 valence electrons. The highest BCUT2D eigenvalue weighted by Crippen LogP contribution is 2.64. The van der Waals surface area contributed by atoms with Crippen LogP contribution in [-0.2, 0) is 14.3 Å². The van der Waals surface area contributed by atoms with Gasteiger partial charge in [-0.15, -0.1) is 0 Å². The van der Waals surface area contributed by atoms with Crippen molar-refractivity contribution in [3.8, 4) is 0 Å². The van der Waals surface area contributed by atoms with Crippen LogP contribution in [0.25, 0.3) is 0 Å². The van der Waals surface area contributed by atoms with Crippen molar-refractivity contribution in [1.29, 1.82) is 0 Å². The minimum Gasteiger partial charge on any atom is -0.360 e. The van der Waals surface area contributed by atoms with Crippen LogP contribution in [0.15, 0.2) is 0 Å². The first-order valence-corrected chi connectivity index (χ1v) is 5.42. The zero-order valence-corrected chi connectivity index (χ0v) is 9.44. The molecule has 0 aromatic carbocycles. The second kappa shape index (κ2) is 2.41. The standard InChI is InChI=1S/C8H7Cl3O3/c1-7(8(9,10)11)5-3(13-5)2(12)4-6(7)14-4/h3-6H,1H3/t3-,4+,5-,6+,7?. The molecule has 0 bridgehead atoms. The van der Waals surface area contributed by atoms with Crippen LogP contribution in [-0.4, -0.2) is 34.0 Å². The molecule has 3 rings (SSSR count). The van der Waals surface area contributed by atoms with Crippen molar-refractivity contribution in [1.82, 2.24) is 0 Å². The van der Waals surface area contributed by atoms with Crippen molar-refractivity contribution < 1.29 is 14.3 Å². The number of ether oxygens (including phenoxy) is 2. The van der Waals surface area contributed by atoms with Gasteiger partial charge in [0.05, 0.1) is 5.41 Å². The third-order valence-electron chi connectivity index (χ3n) is 3.34. The summed E-state index contributed by atoms with van der Waals surface area (Å²) in [7, 11) is 0. The maximum Gasteiger partial charge on any atom is 0.201 e. The van der Waals surface area contributed by atoms with Crippen LogP contribution in [0.2, 0.25) is 0 Å². The Morgan fingerprint density at radius 1 is 1.21 bits per heavy atom. The molecule has 14 heavy (non-hydrogen) atoms. The second-order valence-corrected chi connectivity index (χ2v) is 6.42. The molecule has 1 aliphatic carbocycles. The minimum atomic E-state index is -1.47. The van der Waals surface area contributed by atoms with Crippen LogP contribution in [0, 0.1) is 5.41 Å². The number of alkyl halides is 3. The quantitative estimate of drug-likeness (QED) is 0.488. The summed E-state index contributed by atoms with van der Waals surface area (Å²) in [6.45, 7) is 1.79. The van der Waals surface area contributed by atoms with Crippen molar-refractivity contribution in [2.75, 3.05) is 0 Å². The van der Waals surface area contributed by atoms with Gasteiger partial charge in [-0.2, -0.15) is 0 Å². The Labute approximate surface area is 95.6 Å². The highest BCUT2D eigenvalue weighted by atomic mass is 35.6. The predicted molar refractivity (Wildman–Crippen MR) is 50.7 cm³/mol. The largest absolute Gasteiger partial charge is 0.360 e. The number of halogens is 3. The lowest BCUT2D eigenvalue weighted by Crippen LogP contribution is -2.49. The average Bonchev–Trinajstić information content (AvgIpc) is 2.90. The molecular formula is C8H7Cl3O3. The summed E-state index contributed by atoms with van der Waals surface area (Å²) in [4.78, 5) is 11.4. The van der Waals surface area contributed by atoms with E-state index in [1.807, 2.05) is 0 Å². The molecule has 3 aliphatic rings. The van der Waals surface area contributed by atoms with E-state index >= 15 is 0 Å². The Hall–Kier alpha value is 0.460. The van der Waals surface area contributed by atoms with Gasteiger partial charge in [0.1, 0.15) is 24.4 Å². The fourth-order valence-electron chi connectivity index (χ4n) is 2.22. The lowest BCUT2D eigenvalue weighted by Gasteiger charge is -2.34. The topological polar surface area (TPSA) is 42.1 Å². The maximum absolute atomic E-state index is 11.4. The number of hydrogen-bond acceptors (Lipinski definition) is 3. The van der Waals surface area contributed by atoms with Gasteiger partial charge in [0.25, 0.3) is 0 Å². The van der Waals surface area contributed by atoms with Crippen molar-refractivity contribution >= 4 is 40.6 Å². The summed E-state index contributed by atoms with van der Waals surface area (Å²) in [5.74, 6) is -0.00766. The van der Waals surface area contributed by atoms with E-state index in [9.17, 15) is 4.79 Å². The third-order valence-corrected chi connectivity index (χ3v) is 4.56. The zero-order chi connectivity index (χ0) is 10.3. The molecular weight excluding hydrogens is 250 g/mol. The summed E-state index contributed by atoms with van der Waals surface area (Å²) in [6.07, 6.45) is -1.43. The minimum absolute atomic E-state index is 0.00766. The fraction of sp³-hybridized carbons (Fsp3) is 0.875. The number of fused-ring (bicyclic) bond motifs is 2. The van der Waals surface area contributed by atoms with E-state index in [1.165, 1.54) is 0 Å². The molecule has 0 spiro atoms. The number of carbonyl (C=O) groups excluding carboxylic acids is 1. The van der Waals surface area contributed by atoms with E-state index < -0.39 is 21.4 Å². The second-order valence-electron chi connectivity index (χ2n) is 4.14. The van der Waals surface area contributed by atoms with Crippen LogP contribution in [0.5, 0.6) is 0 Å². The molecule has 2 heterocycles. The SMILES string of the molecule is CC1(C(Cl)(Cl)Cl)[C@@H]2O[C@@H]2C(=O)[C@@H]2O[C@@H]21. The number of epoxide rings is 2. The number of carbonyl (C=O) groups is 1. The van der Waals surface area contributed by atoms with Gasteiger partial charge in [-0.25, -0.2) is 0 Å². The van der Waals surface area contributed by atoms with Crippen molar-refractivity contribution in [2.24, 2.45) is 5.41 Å². The molecule has 2 saturated heterocycles. The van der Waals surface area contributed by atoms with E-state index in [4.69, 9.17) is 44.3 Å². The monoisotopic (exact) mass is 256 g/mol. The lowest BCUT2D eigenvalue weighted by atomic mass is 9.76. The first kappa shape index (κ1) is 9.67. The highest BCUT2D eigenvalue weighted by molar-refractivity contribution is 6.68. The average molecular weight is 258 g/mol. The molecule has 1 saturated carbocycles.